The Hall–Kier alpha value is -1.13. The molecule has 0 aliphatic heterocycles. The fourth-order valence-corrected chi connectivity index (χ4v) is 2.86. The summed E-state index contributed by atoms with van der Waals surface area (Å²) < 4.78 is 13.6. The first-order valence-corrected chi connectivity index (χ1v) is 7.31. The third kappa shape index (κ3) is 4.18. The first kappa shape index (κ1) is 15.3. The maximum absolute atomic E-state index is 13.6. The van der Waals surface area contributed by atoms with E-state index in [1.165, 1.54) is 12.1 Å². The summed E-state index contributed by atoms with van der Waals surface area (Å²) in [5.74, 6) is -0.392. The van der Waals surface area contributed by atoms with Gasteiger partial charge in [-0.3, -0.25) is 4.79 Å². The van der Waals surface area contributed by atoms with Gasteiger partial charge in [0.2, 0.25) is 5.91 Å². The van der Waals surface area contributed by atoms with Crippen molar-refractivity contribution in [2.24, 2.45) is 5.92 Å². The highest BCUT2D eigenvalue weighted by atomic mass is 35.5. The Bertz CT molecular complexity index is 461. The van der Waals surface area contributed by atoms with Gasteiger partial charge in [-0.2, -0.15) is 0 Å². The number of rotatable bonds is 4. The van der Waals surface area contributed by atoms with E-state index in [1.54, 1.807) is 6.07 Å². The van der Waals surface area contributed by atoms with Crippen LogP contribution in [0.1, 0.15) is 31.2 Å². The van der Waals surface area contributed by atoms with Crippen LogP contribution >= 0.6 is 11.6 Å². The van der Waals surface area contributed by atoms with Gasteiger partial charge in [0, 0.05) is 17.1 Å². The van der Waals surface area contributed by atoms with Crippen LogP contribution in [0.15, 0.2) is 18.2 Å². The molecule has 5 heteroatoms. The minimum atomic E-state index is -0.458. The van der Waals surface area contributed by atoms with Crippen LogP contribution in [-0.2, 0) is 11.2 Å². The van der Waals surface area contributed by atoms with Gasteiger partial charge in [-0.1, -0.05) is 24.1 Å². The summed E-state index contributed by atoms with van der Waals surface area (Å²) in [5.41, 5.74) is 0.232. The number of benzene rings is 1. The number of amides is 1. The van der Waals surface area contributed by atoms with Gasteiger partial charge in [-0.15, -0.1) is 0 Å². The van der Waals surface area contributed by atoms with Gasteiger partial charge in [-0.25, -0.2) is 4.39 Å². The molecule has 2 rings (SSSR count). The van der Waals surface area contributed by atoms with Crippen molar-refractivity contribution >= 4 is 17.5 Å². The fourth-order valence-electron chi connectivity index (χ4n) is 2.63. The van der Waals surface area contributed by atoms with Crippen LogP contribution in [0.2, 0.25) is 5.02 Å². The van der Waals surface area contributed by atoms with Crippen molar-refractivity contribution in [3.8, 4) is 0 Å². The molecule has 1 amide bonds. The Morgan fingerprint density at radius 2 is 2.25 bits per heavy atom. The number of nitrogens with one attached hydrogen (secondary N) is 1. The Morgan fingerprint density at radius 3 is 2.95 bits per heavy atom. The Balaban J connectivity index is 1.83. The predicted octanol–water partition coefficient (Wildman–Crippen LogP) is 2.69. The minimum Gasteiger partial charge on any atom is -0.393 e. The van der Waals surface area contributed by atoms with Gasteiger partial charge < -0.3 is 10.4 Å². The van der Waals surface area contributed by atoms with Gasteiger partial charge in [0.25, 0.3) is 0 Å². The highest BCUT2D eigenvalue weighted by Gasteiger charge is 2.21. The molecule has 0 bridgehead atoms. The number of aliphatic hydroxyl groups is 1. The molecule has 1 aliphatic carbocycles. The molecular weight excluding hydrogens is 281 g/mol. The Morgan fingerprint density at radius 1 is 1.45 bits per heavy atom. The van der Waals surface area contributed by atoms with E-state index in [0.29, 0.717) is 12.5 Å². The molecule has 0 radical (unpaired) electrons. The van der Waals surface area contributed by atoms with Crippen molar-refractivity contribution in [3.63, 3.8) is 0 Å². The Kier molecular flexibility index (Phi) is 5.38. The number of carbonyl (C=O) groups excluding carboxylic acids is 1. The largest absolute Gasteiger partial charge is 0.393 e. The molecule has 2 unspecified atom stereocenters. The molecule has 2 atom stereocenters. The summed E-state index contributed by atoms with van der Waals surface area (Å²) in [4.78, 5) is 11.8. The number of aliphatic hydroxyl groups excluding tert-OH is 1. The quantitative estimate of drug-likeness (QED) is 0.898. The molecule has 1 aromatic carbocycles. The monoisotopic (exact) mass is 299 g/mol. The first-order valence-electron chi connectivity index (χ1n) is 6.94. The molecule has 3 nitrogen and oxygen atoms in total. The van der Waals surface area contributed by atoms with E-state index >= 15 is 0 Å². The van der Waals surface area contributed by atoms with Crippen LogP contribution in [0.5, 0.6) is 0 Å². The molecule has 0 aromatic heterocycles. The van der Waals surface area contributed by atoms with Gasteiger partial charge in [-0.05, 0) is 37.3 Å². The van der Waals surface area contributed by atoms with Crippen LogP contribution in [0.4, 0.5) is 4.39 Å². The normalized spacial score (nSPS) is 22.6. The van der Waals surface area contributed by atoms with E-state index in [9.17, 15) is 14.3 Å². The number of hydrogen-bond donors (Lipinski definition) is 2. The second-order valence-corrected chi connectivity index (χ2v) is 5.77. The summed E-state index contributed by atoms with van der Waals surface area (Å²) in [7, 11) is 0. The SMILES string of the molecule is O=C(Cc1c(F)cccc1Cl)NCC1CCCC(O)C1. The second kappa shape index (κ2) is 7.04. The van der Waals surface area contributed by atoms with E-state index in [0.717, 1.165) is 25.7 Å². The lowest BCUT2D eigenvalue weighted by Crippen LogP contribution is -2.33. The lowest BCUT2D eigenvalue weighted by atomic mass is 9.87. The predicted molar refractivity (Wildman–Crippen MR) is 76.1 cm³/mol. The number of hydrogen-bond acceptors (Lipinski definition) is 2. The van der Waals surface area contributed by atoms with Crippen molar-refractivity contribution in [1.82, 2.24) is 5.32 Å². The molecule has 1 fully saturated rings. The highest BCUT2D eigenvalue weighted by Crippen LogP contribution is 2.23. The summed E-state index contributed by atoms with van der Waals surface area (Å²) in [6.07, 6.45) is 3.25. The smallest absolute Gasteiger partial charge is 0.224 e. The Labute approximate surface area is 123 Å². The van der Waals surface area contributed by atoms with Gasteiger partial charge in [0.05, 0.1) is 12.5 Å². The average molecular weight is 300 g/mol. The molecule has 2 N–H and O–H groups in total. The summed E-state index contributed by atoms with van der Waals surface area (Å²) >= 11 is 5.89. The maximum Gasteiger partial charge on any atom is 0.224 e. The third-order valence-electron chi connectivity index (χ3n) is 3.74. The van der Waals surface area contributed by atoms with E-state index in [4.69, 9.17) is 11.6 Å². The zero-order valence-electron chi connectivity index (χ0n) is 11.2. The molecular formula is C15H19ClFNO2. The van der Waals surface area contributed by atoms with E-state index < -0.39 is 5.82 Å². The molecule has 1 aliphatic rings. The molecule has 110 valence electrons. The summed E-state index contributed by atoms with van der Waals surface area (Å²) in [6, 6.07) is 4.39. The van der Waals surface area contributed by atoms with Crippen molar-refractivity contribution in [2.45, 2.75) is 38.2 Å². The molecule has 20 heavy (non-hydrogen) atoms. The highest BCUT2D eigenvalue weighted by molar-refractivity contribution is 6.31. The van der Waals surface area contributed by atoms with Crippen molar-refractivity contribution in [3.05, 3.63) is 34.6 Å². The minimum absolute atomic E-state index is 0.0548. The van der Waals surface area contributed by atoms with Crippen LogP contribution in [0.25, 0.3) is 0 Å². The molecule has 0 heterocycles. The van der Waals surface area contributed by atoms with Crippen LogP contribution in [-0.4, -0.2) is 23.7 Å². The summed E-state index contributed by atoms with van der Waals surface area (Å²) in [5, 5.41) is 12.6. The van der Waals surface area contributed by atoms with Crippen molar-refractivity contribution in [2.75, 3.05) is 6.54 Å². The molecule has 0 spiro atoms. The lowest BCUT2D eigenvalue weighted by molar-refractivity contribution is -0.120. The van der Waals surface area contributed by atoms with E-state index in [-0.39, 0.29) is 29.0 Å². The fraction of sp³-hybridized carbons (Fsp3) is 0.533. The molecule has 0 saturated heterocycles. The van der Waals surface area contributed by atoms with E-state index in [2.05, 4.69) is 5.32 Å². The molecule has 1 aromatic rings. The van der Waals surface area contributed by atoms with Gasteiger partial charge >= 0.3 is 0 Å². The lowest BCUT2D eigenvalue weighted by Gasteiger charge is -2.25. The topological polar surface area (TPSA) is 49.3 Å². The van der Waals surface area contributed by atoms with Crippen molar-refractivity contribution < 1.29 is 14.3 Å². The van der Waals surface area contributed by atoms with Gasteiger partial charge in [0.1, 0.15) is 5.82 Å². The van der Waals surface area contributed by atoms with Crippen molar-refractivity contribution in [1.29, 1.82) is 0 Å². The maximum atomic E-state index is 13.6. The van der Waals surface area contributed by atoms with Crippen LogP contribution in [0.3, 0.4) is 0 Å². The zero-order chi connectivity index (χ0) is 14.5. The van der Waals surface area contributed by atoms with E-state index in [1.807, 2.05) is 0 Å². The van der Waals surface area contributed by atoms with Crippen LogP contribution in [0, 0.1) is 11.7 Å². The number of carbonyl (C=O) groups is 1. The summed E-state index contributed by atoms with van der Waals surface area (Å²) in [6.45, 7) is 0.530. The zero-order valence-corrected chi connectivity index (χ0v) is 12.0. The first-order chi connectivity index (χ1) is 9.56. The third-order valence-corrected chi connectivity index (χ3v) is 4.10. The number of halogens is 2. The van der Waals surface area contributed by atoms with Gasteiger partial charge in [0.15, 0.2) is 0 Å². The average Bonchev–Trinajstić information content (AvgIpc) is 2.41. The second-order valence-electron chi connectivity index (χ2n) is 5.37. The molecule has 1 saturated carbocycles. The standard InChI is InChI=1S/C15H19ClFNO2/c16-13-5-2-6-14(17)12(13)8-15(20)18-9-10-3-1-4-11(19)7-10/h2,5-6,10-11,19H,1,3-4,7-9H2,(H,18,20). The van der Waals surface area contributed by atoms with Crippen LogP contribution < -0.4 is 5.32 Å².